The van der Waals surface area contributed by atoms with Crippen LogP contribution in [0.3, 0.4) is 0 Å². The molecule has 0 spiro atoms. The van der Waals surface area contributed by atoms with E-state index < -0.39 is 0 Å². The lowest BCUT2D eigenvalue weighted by molar-refractivity contribution is 0.337. The molecule has 0 fully saturated rings. The molecule has 0 aromatic carbocycles. The molecule has 0 saturated heterocycles. The zero-order valence-corrected chi connectivity index (χ0v) is 9.15. The zero-order valence-electron chi connectivity index (χ0n) is 9.15. The Balaban J connectivity index is 3.59. The fraction of sp³-hybridized carbons (Fsp3) is 1.00. The van der Waals surface area contributed by atoms with E-state index in [1.807, 2.05) is 14.1 Å². The first-order valence-electron chi connectivity index (χ1n) is 4.93. The van der Waals surface area contributed by atoms with Gasteiger partial charge in [-0.3, -0.25) is 0 Å². The van der Waals surface area contributed by atoms with Crippen molar-refractivity contribution in [1.82, 2.24) is 10.6 Å². The van der Waals surface area contributed by atoms with E-state index in [0.717, 1.165) is 18.4 Å². The largest absolute Gasteiger partial charge is 0.319 e. The summed E-state index contributed by atoms with van der Waals surface area (Å²) in [6, 6.07) is 0.629. The van der Waals surface area contributed by atoms with E-state index >= 15 is 0 Å². The van der Waals surface area contributed by atoms with E-state index in [1.54, 1.807) is 0 Å². The maximum atomic E-state index is 3.29. The Labute approximate surface area is 77.1 Å². The van der Waals surface area contributed by atoms with Gasteiger partial charge in [0.25, 0.3) is 0 Å². The molecule has 3 unspecified atom stereocenters. The number of nitrogens with one attached hydrogen (secondary N) is 2. The van der Waals surface area contributed by atoms with Crippen LogP contribution < -0.4 is 10.6 Å². The van der Waals surface area contributed by atoms with Gasteiger partial charge < -0.3 is 10.6 Å². The minimum atomic E-state index is 0.629. The first-order valence-corrected chi connectivity index (χ1v) is 4.93. The Hall–Kier alpha value is -0.0800. The van der Waals surface area contributed by atoms with E-state index in [9.17, 15) is 0 Å². The SMILES string of the molecule is CNCC(C)CC(C)C(C)NC. The first-order chi connectivity index (χ1) is 5.61. The fourth-order valence-corrected chi connectivity index (χ4v) is 1.56. The maximum Gasteiger partial charge on any atom is 0.00614 e. The number of hydrogen-bond donors (Lipinski definition) is 2. The van der Waals surface area contributed by atoms with Gasteiger partial charge in [0.05, 0.1) is 0 Å². The summed E-state index contributed by atoms with van der Waals surface area (Å²) in [5.74, 6) is 1.54. The Bertz CT molecular complexity index is 104. The van der Waals surface area contributed by atoms with E-state index in [0.29, 0.717) is 6.04 Å². The van der Waals surface area contributed by atoms with Gasteiger partial charge in [0, 0.05) is 6.04 Å². The van der Waals surface area contributed by atoms with E-state index in [4.69, 9.17) is 0 Å². The average molecular weight is 172 g/mol. The maximum absolute atomic E-state index is 3.29. The van der Waals surface area contributed by atoms with Crippen molar-refractivity contribution in [3.05, 3.63) is 0 Å². The quantitative estimate of drug-likeness (QED) is 0.634. The monoisotopic (exact) mass is 172 g/mol. The number of rotatable bonds is 6. The van der Waals surface area contributed by atoms with Gasteiger partial charge in [0.15, 0.2) is 0 Å². The van der Waals surface area contributed by atoms with Crippen molar-refractivity contribution in [2.24, 2.45) is 11.8 Å². The van der Waals surface area contributed by atoms with Gasteiger partial charge >= 0.3 is 0 Å². The molecule has 2 heteroatoms. The highest BCUT2D eigenvalue weighted by Gasteiger charge is 2.12. The summed E-state index contributed by atoms with van der Waals surface area (Å²) in [7, 11) is 4.05. The highest BCUT2D eigenvalue weighted by Crippen LogP contribution is 2.14. The Morgan fingerprint density at radius 2 is 1.67 bits per heavy atom. The molecule has 0 heterocycles. The Morgan fingerprint density at radius 3 is 2.08 bits per heavy atom. The van der Waals surface area contributed by atoms with Gasteiger partial charge in [-0.2, -0.15) is 0 Å². The Morgan fingerprint density at radius 1 is 1.08 bits per heavy atom. The van der Waals surface area contributed by atoms with Crippen molar-refractivity contribution in [2.45, 2.75) is 33.2 Å². The summed E-state index contributed by atoms with van der Waals surface area (Å²) in [5.41, 5.74) is 0. The van der Waals surface area contributed by atoms with E-state index in [2.05, 4.69) is 31.4 Å². The van der Waals surface area contributed by atoms with Gasteiger partial charge in [0.2, 0.25) is 0 Å². The van der Waals surface area contributed by atoms with Gasteiger partial charge in [-0.1, -0.05) is 13.8 Å². The zero-order chi connectivity index (χ0) is 9.56. The van der Waals surface area contributed by atoms with Crippen LogP contribution in [0.15, 0.2) is 0 Å². The predicted octanol–water partition coefficient (Wildman–Crippen LogP) is 1.48. The third kappa shape index (κ3) is 4.73. The lowest BCUT2D eigenvalue weighted by Gasteiger charge is -2.22. The second-order valence-corrected chi connectivity index (χ2v) is 3.95. The van der Waals surface area contributed by atoms with E-state index in [-0.39, 0.29) is 0 Å². The third-order valence-electron chi connectivity index (χ3n) is 2.64. The molecule has 2 N–H and O–H groups in total. The molecular weight excluding hydrogens is 148 g/mol. The molecule has 0 bridgehead atoms. The molecule has 0 aromatic rings. The summed E-state index contributed by atoms with van der Waals surface area (Å²) >= 11 is 0. The highest BCUT2D eigenvalue weighted by molar-refractivity contribution is 4.69. The van der Waals surface area contributed by atoms with Crippen LogP contribution in [0.25, 0.3) is 0 Å². The van der Waals surface area contributed by atoms with Crippen LogP contribution in [0.4, 0.5) is 0 Å². The molecule has 0 amide bonds. The molecule has 0 aliphatic heterocycles. The molecule has 2 nitrogen and oxygen atoms in total. The van der Waals surface area contributed by atoms with Crippen molar-refractivity contribution < 1.29 is 0 Å². The molecule has 0 rings (SSSR count). The normalized spacial score (nSPS) is 18.8. The highest BCUT2D eigenvalue weighted by atomic mass is 14.9. The van der Waals surface area contributed by atoms with Gasteiger partial charge in [-0.05, 0) is 45.8 Å². The van der Waals surface area contributed by atoms with Gasteiger partial charge in [-0.25, -0.2) is 0 Å². The van der Waals surface area contributed by atoms with Crippen molar-refractivity contribution in [3.8, 4) is 0 Å². The minimum absolute atomic E-state index is 0.629. The molecule has 0 radical (unpaired) electrons. The molecule has 0 aliphatic rings. The van der Waals surface area contributed by atoms with Crippen LogP contribution >= 0.6 is 0 Å². The van der Waals surface area contributed by atoms with Crippen LogP contribution in [-0.4, -0.2) is 26.7 Å². The summed E-state index contributed by atoms with van der Waals surface area (Å²) in [6.45, 7) is 7.99. The summed E-state index contributed by atoms with van der Waals surface area (Å²) in [5, 5.41) is 6.50. The molecule has 0 saturated carbocycles. The van der Waals surface area contributed by atoms with Crippen LogP contribution in [0.1, 0.15) is 27.2 Å². The predicted molar refractivity (Wildman–Crippen MR) is 55.4 cm³/mol. The summed E-state index contributed by atoms with van der Waals surface area (Å²) < 4.78 is 0. The first kappa shape index (κ1) is 11.9. The minimum Gasteiger partial charge on any atom is -0.319 e. The van der Waals surface area contributed by atoms with Gasteiger partial charge in [0.1, 0.15) is 0 Å². The smallest absolute Gasteiger partial charge is 0.00614 e. The van der Waals surface area contributed by atoms with Crippen LogP contribution in [0.2, 0.25) is 0 Å². The van der Waals surface area contributed by atoms with E-state index in [1.165, 1.54) is 6.42 Å². The summed E-state index contributed by atoms with van der Waals surface area (Å²) in [4.78, 5) is 0. The number of hydrogen-bond acceptors (Lipinski definition) is 2. The Kier molecular flexibility index (Phi) is 6.39. The fourth-order valence-electron chi connectivity index (χ4n) is 1.56. The topological polar surface area (TPSA) is 24.1 Å². The average Bonchev–Trinajstić information content (AvgIpc) is 2.03. The van der Waals surface area contributed by atoms with Crippen molar-refractivity contribution >= 4 is 0 Å². The second kappa shape index (κ2) is 6.44. The van der Waals surface area contributed by atoms with Crippen molar-refractivity contribution in [3.63, 3.8) is 0 Å². The molecule has 0 aliphatic carbocycles. The van der Waals surface area contributed by atoms with Crippen molar-refractivity contribution in [2.75, 3.05) is 20.6 Å². The van der Waals surface area contributed by atoms with Crippen molar-refractivity contribution in [1.29, 1.82) is 0 Å². The standard InChI is InChI=1S/C10H24N2/c1-8(7-11-4)6-9(2)10(3)12-5/h8-12H,6-7H2,1-5H3. The second-order valence-electron chi connectivity index (χ2n) is 3.95. The summed E-state index contributed by atoms with van der Waals surface area (Å²) in [6.07, 6.45) is 1.29. The third-order valence-corrected chi connectivity index (χ3v) is 2.64. The van der Waals surface area contributed by atoms with Crippen LogP contribution in [-0.2, 0) is 0 Å². The lowest BCUT2D eigenvalue weighted by Crippen LogP contribution is -2.31. The molecular formula is C10H24N2. The molecule has 74 valence electrons. The van der Waals surface area contributed by atoms with Gasteiger partial charge in [-0.15, -0.1) is 0 Å². The van der Waals surface area contributed by atoms with Crippen LogP contribution in [0, 0.1) is 11.8 Å². The molecule has 0 aromatic heterocycles. The lowest BCUT2D eigenvalue weighted by atomic mass is 9.92. The van der Waals surface area contributed by atoms with Crippen LogP contribution in [0.5, 0.6) is 0 Å². The molecule has 3 atom stereocenters. The molecule has 12 heavy (non-hydrogen) atoms.